The normalized spacial score (nSPS) is 10.5. The lowest BCUT2D eigenvalue weighted by Gasteiger charge is -2.11. The van der Waals surface area contributed by atoms with Gasteiger partial charge < -0.3 is 10.1 Å². The zero-order chi connectivity index (χ0) is 15.2. The van der Waals surface area contributed by atoms with Crippen LogP contribution in [0.25, 0.3) is 0 Å². The van der Waals surface area contributed by atoms with Gasteiger partial charge in [-0.3, -0.25) is 0 Å². The van der Waals surface area contributed by atoms with Crippen molar-refractivity contribution >= 4 is 33.3 Å². The topological polar surface area (TPSA) is 47.0 Å². The molecule has 2 aromatic rings. The number of halogens is 2. The largest absolute Gasteiger partial charge is 0.438 e. The molecule has 0 unspecified atom stereocenters. The minimum absolute atomic E-state index is 0.480. The fourth-order valence-electron chi connectivity index (χ4n) is 1.79. The van der Waals surface area contributed by atoms with Crippen molar-refractivity contribution < 1.29 is 4.74 Å². The molecular weight excluding hydrogens is 354 g/mol. The van der Waals surface area contributed by atoms with Crippen molar-refractivity contribution in [3.63, 3.8) is 0 Å². The molecule has 2 rings (SSSR count). The van der Waals surface area contributed by atoms with E-state index in [4.69, 9.17) is 16.3 Å². The zero-order valence-electron chi connectivity index (χ0n) is 12.0. The van der Waals surface area contributed by atoms with E-state index in [-0.39, 0.29) is 0 Å². The summed E-state index contributed by atoms with van der Waals surface area (Å²) in [6.07, 6.45) is 3.35. The van der Waals surface area contributed by atoms with E-state index in [1.54, 1.807) is 0 Å². The van der Waals surface area contributed by atoms with Gasteiger partial charge in [0.2, 0.25) is 5.88 Å². The third-order valence-electron chi connectivity index (χ3n) is 2.91. The van der Waals surface area contributed by atoms with Crippen LogP contribution in [0.2, 0.25) is 5.02 Å². The summed E-state index contributed by atoms with van der Waals surface area (Å²) in [6, 6.07) is 5.59. The molecule has 0 spiro atoms. The summed E-state index contributed by atoms with van der Waals surface area (Å²) >= 11 is 9.59. The molecule has 0 saturated carbocycles. The molecule has 0 saturated heterocycles. The van der Waals surface area contributed by atoms with E-state index in [1.807, 2.05) is 18.2 Å². The summed E-state index contributed by atoms with van der Waals surface area (Å²) in [5.41, 5.74) is 1.05. The molecule has 0 bridgehead atoms. The smallest absolute Gasteiger partial charge is 0.238 e. The van der Waals surface area contributed by atoms with E-state index in [1.165, 1.54) is 6.33 Å². The second-order valence-corrected chi connectivity index (χ2v) is 5.68. The first-order valence-electron chi connectivity index (χ1n) is 6.86. The predicted molar refractivity (Wildman–Crippen MR) is 89.4 cm³/mol. The van der Waals surface area contributed by atoms with Gasteiger partial charge in [0.05, 0.1) is 0 Å². The number of ether oxygens (including phenoxy) is 1. The van der Waals surface area contributed by atoms with E-state index < -0.39 is 0 Å². The van der Waals surface area contributed by atoms with Crippen LogP contribution in [-0.4, -0.2) is 16.5 Å². The summed E-state index contributed by atoms with van der Waals surface area (Å²) in [7, 11) is 0. The summed E-state index contributed by atoms with van der Waals surface area (Å²) in [4.78, 5) is 8.36. The van der Waals surface area contributed by atoms with Crippen LogP contribution in [0.4, 0.5) is 5.82 Å². The van der Waals surface area contributed by atoms with Gasteiger partial charge in [0.25, 0.3) is 0 Å². The van der Waals surface area contributed by atoms with Gasteiger partial charge in [-0.2, -0.15) is 0 Å². The highest BCUT2D eigenvalue weighted by Gasteiger charge is 2.11. The molecule has 6 heteroatoms. The van der Waals surface area contributed by atoms with Crippen molar-refractivity contribution in [2.75, 3.05) is 11.9 Å². The number of benzene rings is 1. The van der Waals surface area contributed by atoms with Gasteiger partial charge in [0, 0.05) is 11.6 Å². The SMILES string of the molecule is CCCNc1ncnc(Oc2ccc(Cl)c(CC)c2)c1Br. The van der Waals surface area contributed by atoms with Crippen LogP contribution in [0.1, 0.15) is 25.8 Å². The number of nitrogens with one attached hydrogen (secondary N) is 1. The minimum atomic E-state index is 0.480. The van der Waals surface area contributed by atoms with Gasteiger partial charge in [0.15, 0.2) is 0 Å². The Kier molecular flexibility index (Phi) is 5.82. The Hall–Kier alpha value is -1.33. The number of hydrogen-bond acceptors (Lipinski definition) is 4. The first-order valence-corrected chi connectivity index (χ1v) is 8.03. The second kappa shape index (κ2) is 7.61. The molecule has 4 nitrogen and oxygen atoms in total. The Labute approximate surface area is 138 Å². The van der Waals surface area contributed by atoms with Gasteiger partial charge >= 0.3 is 0 Å². The maximum Gasteiger partial charge on any atom is 0.238 e. The first-order chi connectivity index (χ1) is 10.2. The maximum absolute atomic E-state index is 6.11. The van der Waals surface area contributed by atoms with E-state index in [0.717, 1.165) is 35.8 Å². The lowest BCUT2D eigenvalue weighted by atomic mass is 10.1. The highest BCUT2D eigenvalue weighted by molar-refractivity contribution is 9.10. The third-order valence-corrected chi connectivity index (χ3v) is 4.00. The number of aromatic nitrogens is 2. The fraction of sp³-hybridized carbons (Fsp3) is 0.333. The van der Waals surface area contributed by atoms with Crippen molar-refractivity contribution in [1.82, 2.24) is 9.97 Å². The zero-order valence-corrected chi connectivity index (χ0v) is 14.3. The fourth-order valence-corrected chi connectivity index (χ4v) is 2.47. The van der Waals surface area contributed by atoms with Crippen LogP contribution >= 0.6 is 27.5 Å². The Bertz CT molecular complexity index is 622. The van der Waals surface area contributed by atoms with Gasteiger partial charge in [-0.1, -0.05) is 25.4 Å². The molecule has 112 valence electrons. The van der Waals surface area contributed by atoms with E-state index >= 15 is 0 Å². The van der Waals surface area contributed by atoms with Gasteiger partial charge in [-0.15, -0.1) is 0 Å². The number of aryl methyl sites for hydroxylation is 1. The van der Waals surface area contributed by atoms with E-state index in [9.17, 15) is 0 Å². The summed E-state index contributed by atoms with van der Waals surface area (Å²) in [5, 5.41) is 3.97. The molecule has 0 fully saturated rings. The van der Waals surface area contributed by atoms with E-state index in [0.29, 0.717) is 16.1 Å². The Morgan fingerprint density at radius 2 is 2.10 bits per heavy atom. The molecule has 1 heterocycles. The van der Waals surface area contributed by atoms with Crippen LogP contribution in [0.3, 0.4) is 0 Å². The van der Waals surface area contributed by atoms with Crippen molar-refractivity contribution in [2.45, 2.75) is 26.7 Å². The molecule has 1 aromatic heterocycles. The number of anilines is 1. The molecule has 0 aliphatic carbocycles. The Balaban J connectivity index is 2.23. The summed E-state index contributed by atoms with van der Waals surface area (Å²) < 4.78 is 6.54. The van der Waals surface area contributed by atoms with E-state index in [2.05, 4.69) is 45.1 Å². The molecular formula is C15H17BrClN3O. The highest BCUT2D eigenvalue weighted by Crippen LogP contribution is 2.33. The number of nitrogens with zero attached hydrogens (tertiary/aromatic N) is 2. The lowest BCUT2D eigenvalue weighted by Crippen LogP contribution is -2.04. The maximum atomic E-state index is 6.11. The van der Waals surface area contributed by atoms with Crippen LogP contribution < -0.4 is 10.1 Å². The van der Waals surface area contributed by atoms with Crippen molar-refractivity contribution in [3.8, 4) is 11.6 Å². The second-order valence-electron chi connectivity index (χ2n) is 4.48. The molecule has 0 radical (unpaired) electrons. The minimum Gasteiger partial charge on any atom is -0.438 e. The summed E-state index contributed by atoms with van der Waals surface area (Å²) in [6.45, 7) is 4.99. The van der Waals surface area contributed by atoms with Crippen molar-refractivity contribution in [2.24, 2.45) is 0 Å². The Morgan fingerprint density at radius 1 is 1.29 bits per heavy atom. The first kappa shape index (κ1) is 16.0. The molecule has 0 amide bonds. The van der Waals surface area contributed by atoms with Gasteiger partial charge in [-0.05, 0) is 52.5 Å². The summed E-state index contributed by atoms with van der Waals surface area (Å²) in [5.74, 6) is 1.91. The van der Waals surface area contributed by atoms with Crippen LogP contribution in [0.5, 0.6) is 11.6 Å². The van der Waals surface area contributed by atoms with Crippen molar-refractivity contribution in [3.05, 3.63) is 39.6 Å². The van der Waals surface area contributed by atoms with Crippen molar-refractivity contribution in [1.29, 1.82) is 0 Å². The quantitative estimate of drug-likeness (QED) is 0.771. The van der Waals surface area contributed by atoms with Crippen LogP contribution in [-0.2, 0) is 6.42 Å². The molecule has 21 heavy (non-hydrogen) atoms. The van der Waals surface area contributed by atoms with Crippen LogP contribution in [0.15, 0.2) is 29.0 Å². The average molecular weight is 371 g/mol. The van der Waals surface area contributed by atoms with Gasteiger partial charge in [-0.25, -0.2) is 9.97 Å². The average Bonchev–Trinajstić information content (AvgIpc) is 2.50. The standard InChI is InChI=1S/C15H17BrClN3O/c1-3-7-18-14-13(16)15(20-9-19-14)21-11-5-6-12(17)10(4-2)8-11/h5-6,8-9H,3-4,7H2,1-2H3,(H,18,19,20). The Morgan fingerprint density at radius 3 is 2.81 bits per heavy atom. The van der Waals surface area contributed by atoms with Crippen LogP contribution in [0, 0.1) is 0 Å². The third kappa shape index (κ3) is 4.08. The number of rotatable bonds is 6. The molecule has 0 aliphatic heterocycles. The lowest BCUT2D eigenvalue weighted by molar-refractivity contribution is 0.458. The predicted octanol–water partition coefficient (Wildman–Crippen LogP) is 5.07. The van der Waals surface area contributed by atoms with Gasteiger partial charge in [0.1, 0.15) is 22.4 Å². The highest BCUT2D eigenvalue weighted by atomic mass is 79.9. The molecule has 1 aromatic carbocycles. The molecule has 0 atom stereocenters. The monoisotopic (exact) mass is 369 g/mol. The molecule has 1 N–H and O–H groups in total. The molecule has 0 aliphatic rings. The number of hydrogen-bond donors (Lipinski definition) is 1.